The topological polar surface area (TPSA) is 9.23 Å². The Morgan fingerprint density at radius 1 is 1.19 bits per heavy atom. The Hall–Kier alpha value is -0.340. The normalized spacial score (nSPS) is 26.2. The van der Waals surface area contributed by atoms with Crippen LogP contribution in [0.1, 0.15) is 51.5 Å². The third-order valence-electron chi connectivity index (χ3n) is 4.99. The second kappa shape index (κ2) is 8.33. The van der Waals surface area contributed by atoms with Gasteiger partial charge < -0.3 is 4.74 Å². The monoisotopic (exact) mass is 352 g/mol. The number of rotatable bonds is 7. The van der Waals surface area contributed by atoms with Crippen molar-refractivity contribution in [3.63, 3.8) is 0 Å². The van der Waals surface area contributed by atoms with E-state index in [0.717, 1.165) is 36.6 Å². The predicted molar refractivity (Wildman–Crippen MR) is 94.0 cm³/mol. The van der Waals surface area contributed by atoms with E-state index in [1.54, 1.807) is 0 Å². The maximum Gasteiger partial charge on any atom is 0.0779 e. The van der Waals surface area contributed by atoms with Gasteiger partial charge in [0.15, 0.2) is 0 Å². The van der Waals surface area contributed by atoms with Gasteiger partial charge in [-0.05, 0) is 55.9 Å². The van der Waals surface area contributed by atoms with Crippen LogP contribution >= 0.6 is 15.9 Å². The predicted octanol–water partition coefficient (Wildman–Crippen LogP) is 5.62. The molecule has 0 saturated heterocycles. The highest BCUT2D eigenvalue weighted by Gasteiger charge is 2.35. The van der Waals surface area contributed by atoms with E-state index >= 15 is 0 Å². The molecule has 0 aliphatic heterocycles. The number of ether oxygens (including phenoxy) is 1. The third-order valence-corrected chi connectivity index (χ3v) is 6.01. The molecule has 2 rings (SSSR count). The number of hydrogen-bond acceptors (Lipinski definition) is 1. The van der Waals surface area contributed by atoms with Crippen LogP contribution < -0.4 is 0 Å². The molecule has 21 heavy (non-hydrogen) atoms. The lowest BCUT2D eigenvalue weighted by atomic mass is 9.75. The summed E-state index contributed by atoms with van der Waals surface area (Å²) < 4.78 is 6.32. The van der Waals surface area contributed by atoms with Crippen LogP contribution in [-0.4, -0.2) is 17.5 Å². The zero-order valence-corrected chi connectivity index (χ0v) is 15.1. The molecule has 1 nitrogen and oxygen atoms in total. The second-order valence-corrected chi connectivity index (χ2v) is 7.40. The summed E-state index contributed by atoms with van der Waals surface area (Å²) in [5, 5.41) is 0.982. The summed E-state index contributed by atoms with van der Waals surface area (Å²) in [6, 6.07) is 10.7. The standard InChI is InChI=1S/C19H29BrO/c1-16(2)18-10-12-19(15-20,13-11-18)21-14-6-9-17-7-4-3-5-8-17/h3-5,7-8,16,18H,6,9-15H2,1-2H3. The Kier molecular flexibility index (Phi) is 6.75. The van der Waals surface area contributed by atoms with Gasteiger partial charge in [-0.25, -0.2) is 0 Å². The largest absolute Gasteiger partial charge is 0.374 e. The van der Waals surface area contributed by atoms with E-state index in [1.165, 1.54) is 31.2 Å². The van der Waals surface area contributed by atoms with E-state index in [0.29, 0.717) is 0 Å². The molecule has 1 aromatic carbocycles. The van der Waals surface area contributed by atoms with Crippen molar-refractivity contribution < 1.29 is 4.74 Å². The third kappa shape index (κ3) is 5.10. The fourth-order valence-electron chi connectivity index (χ4n) is 3.36. The van der Waals surface area contributed by atoms with Gasteiger partial charge in [0.1, 0.15) is 0 Å². The molecule has 0 heterocycles. The van der Waals surface area contributed by atoms with Crippen molar-refractivity contribution in [3.8, 4) is 0 Å². The van der Waals surface area contributed by atoms with Crippen molar-refractivity contribution in [2.75, 3.05) is 11.9 Å². The fourth-order valence-corrected chi connectivity index (χ4v) is 4.08. The number of alkyl halides is 1. The van der Waals surface area contributed by atoms with Gasteiger partial charge in [0, 0.05) is 11.9 Å². The van der Waals surface area contributed by atoms with Crippen LogP contribution in [0, 0.1) is 11.8 Å². The van der Waals surface area contributed by atoms with Crippen LogP contribution in [0.25, 0.3) is 0 Å². The van der Waals surface area contributed by atoms with Crippen molar-refractivity contribution in [1.82, 2.24) is 0 Å². The molecule has 0 bridgehead atoms. The summed E-state index contributed by atoms with van der Waals surface area (Å²) in [5.41, 5.74) is 1.51. The molecular weight excluding hydrogens is 324 g/mol. The second-order valence-electron chi connectivity index (χ2n) is 6.84. The number of aryl methyl sites for hydroxylation is 1. The van der Waals surface area contributed by atoms with Crippen molar-refractivity contribution in [2.45, 2.75) is 58.0 Å². The molecule has 0 amide bonds. The molecule has 1 aliphatic carbocycles. The smallest absolute Gasteiger partial charge is 0.0779 e. The first-order chi connectivity index (χ1) is 10.2. The molecule has 1 fully saturated rings. The summed E-state index contributed by atoms with van der Waals surface area (Å²) in [6.45, 7) is 5.59. The Labute approximate surface area is 138 Å². The van der Waals surface area contributed by atoms with Crippen LogP contribution in [0.4, 0.5) is 0 Å². The first kappa shape index (κ1) is 17.0. The van der Waals surface area contributed by atoms with E-state index in [4.69, 9.17) is 4.74 Å². The van der Waals surface area contributed by atoms with Gasteiger partial charge >= 0.3 is 0 Å². The summed E-state index contributed by atoms with van der Waals surface area (Å²) in [6.07, 6.45) is 7.31. The highest BCUT2D eigenvalue weighted by atomic mass is 79.9. The maximum atomic E-state index is 6.32. The minimum absolute atomic E-state index is 0.0993. The summed E-state index contributed by atoms with van der Waals surface area (Å²) in [5.74, 6) is 1.71. The molecule has 2 heteroatoms. The van der Waals surface area contributed by atoms with Crippen LogP contribution in [0.15, 0.2) is 30.3 Å². The maximum absolute atomic E-state index is 6.32. The van der Waals surface area contributed by atoms with E-state index in [9.17, 15) is 0 Å². The van der Waals surface area contributed by atoms with Gasteiger partial charge in [-0.15, -0.1) is 0 Å². The molecule has 0 spiro atoms. The molecule has 118 valence electrons. The lowest BCUT2D eigenvalue weighted by Gasteiger charge is -2.40. The average Bonchev–Trinajstić information content (AvgIpc) is 2.53. The van der Waals surface area contributed by atoms with Gasteiger partial charge in [0.05, 0.1) is 5.60 Å². The van der Waals surface area contributed by atoms with E-state index in [2.05, 4.69) is 60.1 Å². The molecule has 0 unspecified atom stereocenters. The molecule has 0 atom stereocenters. The van der Waals surface area contributed by atoms with Gasteiger partial charge in [-0.1, -0.05) is 60.1 Å². The minimum atomic E-state index is 0.0993. The van der Waals surface area contributed by atoms with E-state index in [-0.39, 0.29) is 5.60 Å². The molecule has 1 aromatic rings. The summed E-state index contributed by atoms with van der Waals surface area (Å²) >= 11 is 3.70. The Balaban J connectivity index is 1.73. The fraction of sp³-hybridized carbons (Fsp3) is 0.684. The molecule has 1 aliphatic rings. The molecule has 0 N–H and O–H groups in total. The average molecular weight is 353 g/mol. The molecule has 0 aromatic heterocycles. The minimum Gasteiger partial charge on any atom is -0.374 e. The molecular formula is C19H29BrO. The summed E-state index contributed by atoms with van der Waals surface area (Å²) in [4.78, 5) is 0. The van der Waals surface area contributed by atoms with Crippen LogP contribution in [-0.2, 0) is 11.2 Å². The highest BCUT2D eigenvalue weighted by Crippen LogP contribution is 2.39. The zero-order valence-electron chi connectivity index (χ0n) is 13.5. The van der Waals surface area contributed by atoms with Crippen molar-refractivity contribution >= 4 is 15.9 Å². The highest BCUT2D eigenvalue weighted by molar-refractivity contribution is 9.09. The summed E-state index contributed by atoms with van der Waals surface area (Å²) in [7, 11) is 0. The lowest BCUT2D eigenvalue weighted by molar-refractivity contribution is -0.0640. The van der Waals surface area contributed by atoms with Crippen LogP contribution in [0.2, 0.25) is 0 Å². The molecule has 1 saturated carbocycles. The van der Waals surface area contributed by atoms with Crippen molar-refractivity contribution in [3.05, 3.63) is 35.9 Å². The first-order valence-corrected chi connectivity index (χ1v) is 9.51. The van der Waals surface area contributed by atoms with Crippen molar-refractivity contribution in [1.29, 1.82) is 0 Å². The van der Waals surface area contributed by atoms with Gasteiger partial charge in [-0.2, -0.15) is 0 Å². The van der Waals surface area contributed by atoms with E-state index < -0.39 is 0 Å². The van der Waals surface area contributed by atoms with Crippen molar-refractivity contribution in [2.24, 2.45) is 11.8 Å². The lowest BCUT2D eigenvalue weighted by Crippen LogP contribution is -2.40. The van der Waals surface area contributed by atoms with Crippen LogP contribution in [0.3, 0.4) is 0 Å². The first-order valence-electron chi connectivity index (χ1n) is 8.39. The quantitative estimate of drug-likeness (QED) is 0.457. The Morgan fingerprint density at radius 3 is 2.43 bits per heavy atom. The number of hydrogen-bond donors (Lipinski definition) is 0. The van der Waals surface area contributed by atoms with Gasteiger partial charge in [-0.3, -0.25) is 0 Å². The number of benzene rings is 1. The number of halogens is 1. The van der Waals surface area contributed by atoms with Gasteiger partial charge in [0.25, 0.3) is 0 Å². The van der Waals surface area contributed by atoms with Gasteiger partial charge in [0.2, 0.25) is 0 Å². The van der Waals surface area contributed by atoms with Crippen LogP contribution in [0.5, 0.6) is 0 Å². The Morgan fingerprint density at radius 2 is 1.86 bits per heavy atom. The Bertz CT molecular complexity index is 393. The zero-order chi connectivity index (χ0) is 15.1. The van der Waals surface area contributed by atoms with E-state index in [1.807, 2.05) is 0 Å². The SMILES string of the molecule is CC(C)C1CCC(CBr)(OCCCc2ccccc2)CC1. The molecule has 0 radical (unpaired) electrons.